The first-order valence-electron chi connectivity index (χ1n) is 9.73. The maximum atomic E-state index is 12.6. The molecular formula is C22H21N3O3S. The van der Waals surface area contributed by atoms with E-state index in [0.717, 1.165) is 19.3 Å². The Balaban J connectivity index is 1.34. The number of nitrogens with one attached hydrogen (secondary N) is 2. The Morgan fingerprint density at radius 1 is 0.966 bits per heavy atom. The van der Waals surface area contributed by atoms with Crippen LogP contribution < -0.4 is 5.32 Å². The minimum atomic E-state index is -3.54. The zero-order valence-corrected chi connectivity index (χ0v) is 16.6. The van der Waals surface area contributed by atoms with Gasteiger partial charge in [-0.3, -0.25) is 4.79 Å². The third-order valence-corrected chi connectivity index (χ3v) is 7.53. The Hall–Kier alpha value is -2.90. The van der Waals surface area contributed by atoms with Crippen molar-refractivity contribution < 1.29 is 13.2 Å². The molecule has 3 aromatic rings. The predicted molar refractivity (Wildman–Crippen MR) is 111 cm³/mol. The van der Waals surface area contributed by atoms with Crippen molar-refractivity contribution in [1.29, 1.82) is 0 Å². The molecule has 2 N–H and O–H groups in total. The minimum Gasteiger partial charge on any atom is -0.356 e. The third kappa shape index (κ3) is 3.16. The van der Waals surface area contributed by atoms with Gasteiger partial charge < -0.3 is 10.3 Å². The standard InChI is InChI=1S/C22H21N3O3S/c26-22(21-13-18(14-23-21)29(27,28)25-9-3-4-10-25)24-17-7-8-20-16(12-17)11-15-5-1-2-6-19(15)20/h1-2,5-8,12-14,23H,3-4,9-11H2,(H,24,26). The number of carbonyl (C=O) groups is 1. The SMILES string of the molecule is O=C(Nc1ccc2c(c1)Cc1ccccc1-2)c1cc(S(=O)(=O)N2CCCC2)c[nH]1. The first kappa shape index (κ1) is 18.1. The van der Waals surface area contributed by atoms with Gasteiger partial charge in [-0.1, -0.05) is 30.3 Å². The van der Waals surface area contributed by atoms with Crippen LogP contribution >= 0.6 is 0 Å². The van der Waals surface area contributed by atoms with Gasteiger partial charge in [0.15, 0.2) is 0 Å². The second kappa shape index (κ2) is 6.86. The summed E-state index contributed by atoms with van der Waals surface area (Å²) >= 11 is 0. The minimum absolute atomic E-state index is 0.133. The van der Waals surface area contributed by atoms with E-state index >= 15 is 0 Å². The molecule has 1 aliphatic carbocycles. The molecule has 1 aromatic heterocycles. The lowest BCUT2D eigenvalue weighted by molar-refractivity contribution is 0.102. The molecule has 1 amide bonds. The zero-order valence-electron chi connectivity index (χ0n) is 15.8. The van der Waals surface area contributed by atoms with Crippen molar-refractivity contribution in [2.45, 2.75) is 24.2 Å². The van der Waals surface area contributed by atoms with Gasteiger partial charge in [0, 0.05) is 25.0 Å². The van der Waals surface area contributed by atoms with Crippen LogP contribution in [0.1, 0.15) is 34.5 Å². The van der Waals surface area contributed by atoms with Gasteiger partial charge in [0.2, 0.25) is 10.0 Å². The monoisotopic (exact) mass is 407 g/mol. The van der Waals surface area contributed by atoms with Crippen molar-refractivity contribution in [1.82, 2.24) is 9.29 Å². The van der Waals surface area contributed by atoms with Gasteiger partial charge in [0.25, 0.3) is 5.91 Å². The highest BCUT2D eigenvalue weighted by molar-refractivity contribution is 7.89. The summed E-state index contributed by atoms with van der Waals surface area (Å²) < 4.78 is 26.7. The second-order valence-electron chi connectivity index (χ2n) is 7.52. The molecule has 0 unspecified atom stereocenters. The summed E-state index contributed by atoms with van der Waals surface area (Å²) in [5, 5.41) is 2.87. The van der Waals surface area contributed by atoms with Crippen LogP contribution in [-0.2, 0) is 16.4 Å². The third-order valence-electron chi connectivity index (χ3n) is 5.66. The van der Waals surface area contributed by atoms with Crippen molar-refractivity contribution in [3.8, 4) is 11.1 Å². The molecule has 1 saturated heterocycles. The number of aromatic nitrogens is 1. The smallest absolute Gasteiger partial charge is 0.272 e. The fourth-order valence-electron chi connectivity index (χ4n) is 4.15. The highest BCUT2D eigenvalue weighted by Crippen LogP contribution is 2.37. The molecule has 0 radical (unpaired) electrons. The molecule has 148 valence electrons. The van der Waals surface area contributed by atoms with E-state index in [9.17, 15) is 13.2 Å². The van der Waals surface area contributed by atoms with Crippen molar-refractivity contribution in [3.05, 3.63) is 71.5 Å². The average Bonchev–Trinajstić information content (AvgIpc) is 3.46. The molecule has 2 aromatic carbocycles. The zero-order chi connectivity index (χ0) is 20.0. The number of carbonyl (C=O) groups excluding carboxylic acids is 1. The number of aromatic amines is 1. The van der Waals surface area contributed by atoms with Gasteiger partial charge >= 0.3 is 0 Å². The molecule has 0 bridgehead atoms. The maximum Gasteiger partial charge on any atom is 0.272 e. The summed E-state index contributed by atoms with van der Waals surface area (Å²) in [6, 6.07) is 15.6. The topological polar surface area (TPSA) is 82.3 Å². The van der Waals surface area contributed by atoms with E-state index in [2.05, 4.69) is 22.4 Å². The van der Waals surface area contributed by atoms with Crippen LogP contribution in [-0.4, -0.2) is 36.7 Å². The number of fused-ring (bicyclic) bond motifs is 3. The van der Waals surface area contributed by atoms with Crippen LogP contribution in [0.5, 0.6) is 0 Å². The number of amides is 1. The van der Waals surface area contributed by atoms with E-state index in [0.29, 0.717) is 18.8 Å². The summed E-state index contributed by atoms with van der Waals surface area (Å²) in [5.41, 5.74) is 5.81. The summed E-state index contributed by atoms with van der Waals surface area (Å²) in [7, 11) is -3.54. The molecule has 1 aliphatic heterocycles. The Labute approximate surface area is 169 Å². The van der Waals surface area contributed by atoms with Crippen molar-refractivity contribution in [2.24, 2.45) is 0 Å². The quantitative estimate of drug-likeness (QED) is 0.542. The van der Waals surface area contributed by atoms with Crippen molar-refractivity contribution in [3.63, 3.8) is 0 Å². The first-order chi connectivity index (χ1) is 14.0. The molecule has 2 heterocycles. The fourth-order valence-corrected chi connectivity index (χ4v) is 5.67. The fraction of sp³-hybridized carbons (Fsp3) is 0.227. The van der Waals surface area contributed by atoms with Gasteiger partial charge in [-0.2, -0.15) is 4.31 Å². The summed E-state index contributed by atoms with van der Waals surface area (Å²) in [4.78, 5) is 15.6. The van der Waals surface area contributed by atoms with Crippen LogP contribution in [0.25, 0.3) is 11.1 Å². The van der Waals surface area contributed by atoms with E-state index < -0.39 is 10.0 Å². The number of hydrogen-bond donors (Lipinski definition) is 2. The van der Waals surface area contributed by atoms with Gasteiger partial charge in [0.05, 0.1) is 0 Å². The number of nitrogens with zero attached hydrogens (tertiary/aromatic N) is 1. The van der Waals surface area contributed by atoms with Gasteiger partial charge in [-0.25, -0.2) is 8.42 Å². The van der Waals surface area contributed by atoms with Gasteiger partial charge in [-0.15, -0.1) is 0 Å². The number of sulfonamides is 1. The predicted octanol–water partition coefficient (Wildman–Crippen LogP) is 3.62. The van der Waals surface area contributed by atoms with Crippen LogP contribution in [0.4, 0.5) is 5.69 Å². The molecule has 0 spiro atoms. The highest BCUT2D eigenvalue weighted by Gasteiger charge is 2.28. The molecule has 6 nitrogen and oxygen atoms in total. The number of anilines is 1. The Morgan fingerprint density at radius 3 is 2.55 bits per heavy atom. The maximum absolute atomic E-state index is 12.6. The molecule has 1 fully saturated rings. The van der Waals surface area contributed by atoms with Gasteiger partial charge in [-0.05, 0) is 59.7 Å². The first-order valence-corrected chi connectivity index (χ1v) is 11.2. The molecular weight excluding hydrogens is 386 g/mol. The van der Waals surface area contributed by atoms with E-state index in [4.69, 9.17) is 0 Å². The Kier molecular flexibility index (Phi) is 4.29. The van der Waals surface area contributed by atoms with E-state index in [1.807, 2.05) is 30.3 Å². The van der Waals surface area contributed by atoms with Crippen molar-refractivity contribution in [2.75, 3.05) is 18.4 Å². The van der Waals surface area contributed by atoms with E-state index in [1.165, 1.54) is 38.8 Å². The van der Waals surface area contributed by atoms with Crippen LogP contribution in [0.2, 0.25) is 0 Å². The molecule has 5 rings (SSSR count). The number of H-pyrrole nitrogens is 1. The Bertz CT molecular complexity index is 1210. The summed E-state index contributed by atoms with van der Waals surface area (Å²) in [5.74, 6) is -0.358. The van der Waals surface area contributed by atoms with Crippen LogP contribution in [0.3, 0.4) is 0 Å². The van der Waals surface area contributed by atoms with Crippen LogP contribution in [0, 0.1) is 0 Å². The molecule has 0 saturated carbocycles. The largest absolute Gasteiger partial charge is 0.356 e. The number of hydrogen-bond acceptors (Lipinski definition) is 3. The lowest BCUT2D eigenvalue weighted by Crippen LogP contribution is -2.27. The van der Waals surface area contributed by atoms with Gasteiger partial charge in [0.1, 0.15) is 10.6 Å². The van der Waals surface area contributed by atoms with Crippen molar-refractivity contribution >= 4 is 21.6 Å². The lowest BCUT2D eigenvalue weighted by atomic mass is 10.1. The molecule has 29 heavy (non-hydrogen) atoms. The number of rotatable bonds is 4. The summed E-state index contributed by atoms with van der Waals surface area (Å²) in [6.07, 6.45) is 3.98. The highest BCUT2D eigenvalue weighted by atomic mass is 32.2. The lowest BCUT2D eigenvalue weighted by Gasteiger charge is -2.13. The van der Waals surface area contributed by atoms with Crippen LogP contribution in [0.15, 0.2) is 59.6 Å². The molecule has 0 atom stereocenters. The van der Waals surface area contributed by atoms with E-state index in [-0.39, 0.29) is 16.5 Å². The summed E-state index contributed by atoms with van der Waals surface area (Å²) in [6.45, 7) is 1.07. The van der Waals surface area contributed by atoms with E-state index in [1.54, 1.807) is 0 Å². The molecule has 7 heteroatoms. The number of benzene rings is 2. The Morgan fingerprint density at radius 2 is 1.72 bits per heavy atom. The normalized spacial score (nSPS) is 15.9. The second-order valence-corrected chi connectivity index (χ2v) is 9.46. The molecule has 2 aliphatic rings. The average molecular weight is 407 g/mol.